The van der Waals surface area contributed by atoms with Crippen LogP contribution in [0.25, 0.3) is 0 Å². The predicted octanol–water partition coefficient (Wildman–Crippen LogP) is 3.07. The van der Waals surface area contributed by atoms with Crippen LogP contribution in [0.4, 0.5) is 0 Å². The van der Waals surface area contributed by atoms with Crippen molar-refractivity contribution in [2.24, 2.45) is 0 Å². The van der Waals surface area contributed by atoms with Gasteiger partial charge in [-0.3, -0.25) is 0 Å². The quantitative estimate of drug-likeness (QED) is 0.120. The van der Waals surface area contributed by atoms with E-state index >= 15 is 0 Å². The third-order valence-electron chi connectivity index (χ3n) is 6.58. The summed E-state index contributed by atoms with van der Waals surface area (Å²) in [5, 5.41) is 10.5. The number of aliphatic hydroxyl groups is 1. The monoisotopic (exact) mass is 622 g/mol. The van der Waals surface area contributed by atoms with Gasteiger partial charge in [0.05, 0.1) is 59.5 Å². The maximum atomic E-state index is 10.5. The summed E-state index contributed by atoms with van der Waals surface area (Å²) >= 11 is 0. The molecule has 0 aromatic rings. The third-order valence-corrected chi connectivity index (χ3v) is 6.58. The fourth-order valence-electron chi connectivity index (χ4n) is 4.86. The van der Waals surface area contributed by atoms with E-state index in [0.29, 0.717) is 6.61 Å². The molecule has 2 heterocycles. The van der Waals surface area contributed by atoms with Gasteiger partial charge in [0.2, 0.25) is 0 Å². The molecule has 2 saturated heterocycles. The van der Waals surface area contributed by atoms with Gasteiger partial charge >= 0.3 is 0 Å². The molecular formula is C33H50O11. The Kier molecular flexibility index (Phi) is 19.2. The molecule has 1 unspecified atom stereocenters. The lowest BCUT2D eigenvalue weighted by Gasteiger charge is -2.49. The smallest absolute Gasteiger partial charge is 0.187 e. The Morgan fingerprint density at radius 2 is 0.864 bits per heavy atom. The Labute approximate surface area is 262 Å². The highest BCUT2D eigenvalue weighted by atomic mass is 16.8. The normalized spacial score (nSPS) is 31.9. The molecule has 0 saturated carbocycles. The second-order valence-electron chi connectivity index (χ2n) is 9.75. The Morgan fingerprint density at radius 1 is 0.455 bits per heavy atom. The highest BCUT2D eigenvalue weighted by Gasteiger charge is 2.54. The predicted molar refractivity (Wildman–Crippen MR) is 166 cm³/mol. The molecule has 2 fully saturated rings. The van der Waals surface area contributed by atoms with Crippen LogP contribution in [0.5, 0.6) is 0 Å². The summed E-state index contributed by atoms with van der Waals surface area (Å²) < 4.78 is 61.8. The van der Waals surface area contributed by atoms with E-state index in [1.807, 2.05) is 0 Å². The molecule has 0 bridgehead atoms. The van der Waals surface area contributed by atoms with Crippen molar-refractivity contribution >= 4 is 0 Å². The highest BCUT2D eigenvalue weighted by molar-refractivity contribution is 4.98. The summed E-state index contributed by atoms with van der Waals surface area (Å²) in [7, 11) is 0. The fraction of sp³-hybridized carbons (Fsp3) is 0.576. The second kappa shape index (κ2) is 22.3. The Balaban J connectivity index is 2.54. The van der Waals surface area contributed by atoms with Gasteiger partial charge in [-0.1, -0.05) is 42.5 Å². The Hall–Kier alpha value is -2.26. The number of ether oxygens (including phenoxy) is 10. The molecule has 11 heteroatoms. The standard InChI is InChI=1S/C33H50O11/c1-8-15-35-23-25-26(36-16-9-2)28(37-17-10-3)31(40-20-13-6)33(43-25)44-27-24(22-34)42-32(41-21-14-7)30(39-19-12-5)29(27)38-18-11-4/h8-14,24-34H,1-7,15-23H2/t24-,25-,26+,27-,28+,29+,30-,31-,32?,33+/m1/s1. The zero-order valence-electron chi connectivity index (χ0n) is 25.7. The molecule has 2 aliphatic heterocycles. The van der Waals surface area contributed by atoms with Crippen molar-refractivity contribution in [1.82, 2.24) is 0 Å². The fourth-order valence-corrected chi connectivity index (χ4v) is 4.86. The molecule has 2 aliphatic rings. The van der Waals surface area contributed by atoms with Crippen LogP contribution in [-0.4, -0.2) is 126 Å². The molecule has 1 N–H and O–H groups in total. The Morgan fingerprint density at radius 3 is 1.36 bits per heavy atom. The minimum Gasteiger partial charge on any atom is -0.394 e. The second-order valence-corrected chi connectivity index (χ2v) is 9.75. The van der Waals surface area contributed by atoms with Crippen LogP contribution in [0, 0.1) is 0 Å². The van der Waals surface area contributed by atoms with Gasteiger partial charge in [-0.2, -0.15) is 0 Å². The lowest BCUT2D eigenvalue weighted by Crippen LogP contribution is -2.66. The maximum absolute atomic E-state index is 10.5. The van der Waals surface area contributed by atoms with Crippen molar-refractivity contribution in [2.75, 3.05) is 59.5 Å². The molecule has 0 spiro atoms. The molecule has 2 rings (SSSR count). The largest absolute Gasteiger partial charge is 0.394 e. The van der Waals surface area contributed by atoms with Gasteiger partial charge in [-0.25, -0.2) is 0 Å². The van der Waals surface area contributed by atoms with E-state index in [1.165, 1.54) is 0 Å². The van der Waals surface area contributed by atoms with Crippen molar-refractivity contribution in [3.63, 3.8) is 0 Å². The number of hydrogen-bond donors (Lipinski definition) is 1. The summed E-state index contributed by atoms with van der Waals surface area (Å²) in [6.07, 6.45) is 3.16. The molecular weight excluding hydrogens is 572 g/mol. The minimum absolute atomic E-state index is 0.138. The minimum atomic E-state index is -1.06. The number of hydrogen-bond acceptors (Lipinski definition) is 11. The van der Waals surface area contributed by atoms with E-state index in [4.69, 9.17) is 47.4 Å². The molecule has 0 amide bonds. The van der Waals surface area contributed by atoms with E-state index in [-0.39, 0.29) is 46.2 Å². The van der Waals surface area contributed by atoms with Crippen LogP contribution in [-0.2, 0) is 47.4 Å². The molecule has 0 aliphatic carbocycles. The van der Waals surface area contributed by atoms with Crippen LogP contribution < -0.4 is 0 Å². The first-order chi connectivity index (χ1) is 21.5. The van der Waals surface area contributed by atoms with Crippen LogP contribution in [0.15, 0.2) is 88.6 Å². The van der Waals surface area contributed by atoms with Crippen LogP contribution >= 0.6 is 0 Å². The average molecular weight is 623 g/mol. The van der Waals surface area contributed by atoms with Crippen LogP contribution in [0.2, 0.25) is 0 Å². The summed E-state index contributed by atoms with van der Waals surface area (Å²) in [6, 6.07) is 0. The molecule has 10 atom stereocenters. The van der Waals surface area contributed by atoms with Crippen LogP contribution in [0.3, 0.4) is 0 Å². The first-order valence-corrected chi connectivity index (χ1v) is 14.7. The summed E-state index contributed by atoms with van der Waals surface area (Å²) in [6.45, 7) is 27.4. The van der Waals surface area contributed by atoms with E-state index in [1.54, 1.807) is 42.5 Å². The SMILES string of the molecule is C=CCOC[C@H]1O[C@@H](O[C@H]2[C@H](OCC=C)[C@@H](OCC=C)C(OCC=C)O[C@@H]2CO)[C@H](OCC=C)[C@@H](OCC=C)[C@H]1OCC=C. The molecule has 44 heavy (non-hydrogen) atoms. The van der Waals surface area contributed by atoms with Crippen molar-refractivity contribution in [1.29, 1.82) is 0 Å². The van der Waals surface area contributed by atoms with E-state index < -0.39 is 68.0 Å². The van der Waals surface area contributed by atoms with Gasteiger partial charge in [-0.05, 0) is 0 Å². The van der Waals surface area contributed by atoms with E-state index in [9.17, 15) is 5.11 Å². The zero-order valence-corrected chi connectivity index (χ0v) is 25.7. The highest BCUT2D eigenvalue weighted by Crippen LogP contribution is 2.35. The number of rotatable bonds is 25. The van der Waals surface area contributed by atoms with E-state index in [2.05, 4.69) is 46.1 Å². The molecule has 0 aromatic heterocycles. The number of aliphatic hydroxyl groups excluding tert-OH is 1. The summed E-state index contributed by atoms with van der Waals surface area (Å²) in [5.74, 6) is 0. The van der Waals surface area contributed by atoms with Crippen molar-refractivity contribution < 1.29 is 52.5 Å². The van der Waals surface area contributed by atoms with Gasteiger partial charge < -0.3 is 52.5 Å². The van der Waals surface area contributed by atoms with Crippen molar-refractivity contribution in [2.45, 2.75) is 61.4 Å². The topological polar surface area (TPSA) is 113 Å². The third kappa shape index (κ3) is 11.3. The van der Waals surface area contributed by atoms with Gasteiger partial charge in [-0.15, -0.1) is 46.1 Å². The van der Waals surface area contributed by atoms with Gasteiger partial charge in [0.25, 0.3) is 0 Å². The Bertz CT molecular complexity index is 880. The van der Waals surface area contributed by atoms with Crippen LogP contribution in [0.1, 0.15) is 0 Å². The lowest BCUT2D eigenvalue weighted by molar-refractivity contribution is -0.370. The first-order valence-electron chi connectivity index (χ1n) is 14.7. The summed E-state index contributed by atoms with van der Waals surface area (Å²) in [5.41, 5.74) is 0. The van der Waals surface area contributed by atoms with Gasteiger partial charge in [0.1, 0.15) is 48.8 Å². The summed E-state index contributed by atoms with van der Waals surface area (Å²) in [4.78, 5) is 0. The molecule has 0 aromatic carbocycles. The zero-order chi connectivity index (χ0) is 32.2. The average Bonchev–Trinajstić information content (AvgIpc) is 3.04. The first kappa shape index (κ1) is 37.9. The van der Waals surface area contributed by atoms with Gasteiger partial charge in [0, 0.05) is 0 Å². The van der Waals surface area contributed by atoms with E-state index in [0.717, 1.165) is 0 Å². The molecule has 0 radical (unpaired) electrons. The molecule has 11 nitrogen and oxygen atoms in total. The van der Waals surface area contributed by atoms with Crippen molar-refractivity contribution in [3.8, 4) is 0 Å². The van der Waals surface area contributed by atoms with Crippen molar-refractivity contribution in [3.05, 3.63) is 88.6 Å². The molecule has 248 valence electrons. The lowest BCUT2D eigenvalue weighted by atomic mass is 9.96. The van der Waals surface area contributed by atoms with Gasteiger partial charge in [0.15, 0.2) is 12.6 Å². The maximum Gasteiger partial charge on any atom is 0.187 e.